The van der Waals surface area contributed by atoms with E-state index in [2.05, 4.69) is 10.6 Å². The van der Waals surface area contributed by atoms with Gasteiger partial charge in [0.2, 0.25) is 0 Å². The molecular formula is C21H20F4N4O2S. The molecule has 0 saturated carbocycles. The van der Waals surface area contributed by atoms with Gasteiger partial charge in [-0.15, -0.1) is 0 Å². The fourth-order valence-corrected chi connectivity index (χ4v) is 4.06. The number of hydrogen-bond acceptors (Lipinski definition) is 4. The summed E-state index contributed by atoms with van der Waals surface area (Å²) in [5.41, 5.74) is -2.50. The summed E-state index contributed by atoms with van der Waals surface area (Å²) in [6, 6.07) is 7.12. The highest BCUT2D eigenvalue weighted by Gasteiger charge is 2.50. The summed E-state index contributed by atoms with van der Waals surface area (Å²) in [5, 5.41) is 4.68. The SMILES string of the molecule is CNC(=O)c1ccc(N2C(=S)N(c3ccc(NC)c(C(F)(F)F)c3)C(=O)C2(C)C)cc1F. The molecule has 170 valence electrons. The number of alkyl halides is 3. The van der Waals surface area contributed by atoms with Crippen LogP contribution in [0.2, 0.25) is 0 Å². The summed E-state index contributed by atoms with van der Waals surface area (Å²) in [6.45, 7) is 3.05. The number of rotatable bonds is 4. The number of carbonyl (C=O) groups excluding carboxylic acids is 2. The average Bonchev–Trinajstić information content (AvgIpc) is 2.90. The highest BCUT2D eigenvalue weighted by molar-refractivity contribution is 7.81. The van der Waals surface area contributed by atoms with Gasteiger partial charge in [-0.1, -0.05) is 0 Å². The van der Waals surface area contributed by atoms with Crippen molar-refractivity contribution in [2.45, 2.75) is 25.6 Å². The molecule has 1 aliphatic rings. The monoisotopic (exact) mass is 468 g/mol. The Kier molecular flexibility index (Phi) is 5.90. The van der Waals surface area contributed by atoms with Crippen molar-refractivity contribution in [2.75, 3.05) is 29.2 Å². The van der Waals surface area contributed by atoms with Crippen LogP contribution in [-0.2, 0) is 11.0 Å². The molecule has 0 bridgehead atoms. The maximum atomic E-state index is 14.5. The smallest absolute Gasteiger partial charge is 0.388 e. The van der Waals surface area contributed by atoms with E-state index in [0.717, 1.165) is 17.0 Å². The van der Waals surface area contributed by atoms with Gasteiger partial charge in [0.05, 0.1) is 16.8 Å². The number of carbonyl (C=O) groups is 2. The lowest BCUT2D eigenvalue weighted by Gasteiger charge is -2.29. The van der Waals surface area contributed by atoms with Gasteiger partial charge in [0.15, 0.2) is 5.11 Å². The molecule has 1 saturated heterocycles. The Morgan fingerprint density at radius 1 is 1.06 bits per heavy atom. The summed E-state index contributed by atoms with van der Waals surface area (Å²) in [6.07, 6.45) is -4.66. The van der Waals surface area contributed by atoms with Crippen molar-refractivity contribution in [3.05, 3.63) is 53.3 Å². The van der Waals surface area contributed by atoms with Crippen LogP contribution in [0.5, 0.6) is 0 Å². The number of thiocarbonyl (C=S) groups is 1. The van der Waals surface area contributed by atoms with Crippen molar-refractivity contribution in [1.82, 2.24) is 5.32 Å². The predicted octanol–water partition coefficient (Wildman–Crippen LogP) is 4.16. The third-order valence-corrected chi connectivity index (χ3v) is 5.55. The van der Waals surface area contributed by atoms with Crippen LogP contribution in [0.25, 0.3) is 0 Å². The van der Waals surface area contributed by atoms with E-state index in [1.807, 2.05) is 0 Å². The molecule has 3 rings (SSSR count). The van der Waals surface area contributed by atoms with Gasteiger partial charge in [-0.3, -0.25) is 14.5 Å². The van der Waals surface area contributed by atoms with Crippen molar-refractivity contribution < 1.29 is 27.2 Å². The standard InChI is InChI=1S/C21H20F4N4O2S/c1-20(2)18(31)28(11-6-8-16(26-3)14(9-11)21(23,24)25)19(32)29(20)12-5-7-13(15(22)10-12)17(30)27-4/h5-10,26H,1-4H3,(H,27,30). The molecule has 0 aromatic heterocycles. The van der Waals surface area contributed by atoms with Crippen LogP contribution < -0.4 is 20.4 Å². The van der Waals surface area contributed by atoms with Gasteiger partial charge in [0, 0.05) is 25.5 Å². The highest BCUT2D eigenvalue weighted by atomic mass is 32.1. The van der Waals surface area contributed by atoms with E-state index in [1.165, 1.54) is 57.1 Å². The maximum absolute atomic E-state index is 14.5. The zero-order valence-electron chi connectivity index (χ0n) is 17.6. The van der Waals surface area contributed by atoms with E-state index in [4.69, 9.17) is 12.2 Å². The largest absolute Gasteiger partial charge is 0.418 e. The zero-order valence-corrected chi connectivity index (χ0v) is 18.4. The molecule has 2 N–H and O–H groups in total. The normalized spacial score (nSPS) is 15.9. The molecule has 0 radical (unpaired) electrons. The van der Waals surface area contributed by atoms with Crippen LogP contribution in [0.1, 0.15) is 29.8 Å². The molecule has 11 heteroatoms. The molecule has 6 nitrogen and oxygen atoms in total. The Morgan fingerprint density at radius 3 is 2.22 bits per heavy atom. The van der Waals surface area contributed by atoms with Crippen LogP contribution in [0, 0.1) is 5.82 Å². The Labute approximate surface area is 187 Å². The molecular weight excluding hydrogens is 448 g/mol. The number of halogens is 4. The van der Waals surface area contributed by atoms with Gasteiger partial charge in [-0.2, -0.15) is 13.2 Å². The molecule has 2 aromatic rings. The molecule has 0 aliphatic carbocycles. The summed E-state index contributed by atoms with van der Waals surface area (Å²) >= 11 is 5.43. The number of benzene rings is 2. The Balaban J connectivity index is 2.08. The first-order valence-corrected chi connectivity index (χ1v) is 9.84. The number of amides is 2. The zero-order chi connectivity index (χ0) is 24.0. The Hall–Kier alpha value is -3.21. The lowest BCUT2D eigenvalue weighted by Crippen LogP contribution is -2.44. The molecule has 0 spiro atoms. The molecule has 1 heterocycles. The number of nitrogens with one attached hydrogen (secondary N) is 2. The lowest BCUT2D eigenvalue weighted by atomic mass is 10.0. The molecule has 32 heavy (non-hydrogen) atoms. The molecule has 2 amide bonds. The molecule has 2 aromatic carbocycles. The topological polar surface area (TPSA) is 64.7 Å². The summed E-state index contributed by atoms with van der Waals surface area (Å²) in [5.74, 6) is -2.04. The van der Waals surface area contributed by atoms with Crippen molar-refractivity contribution in [3.63, 3.8) is 0 Å². The second-order valence-electron chi connectivity index (χ2n) is 7.54. The van der Waals surface area contributed by atoms with Crippen molar-refractivity contribution >= 4 is 46.2 Å². The number of nitrogens with zero attached hydrogens (tertiary/aromatic N) is 2. The molecule has 0 atom stereocenters. The highest BCUT2D eigenvalue weighted by Crippen LogP contribution is 2.41. The van der Waals surface area contributed by atoms with E-state index in [1.54, 1.807) is 0 Å². The van der Waals surface area contributed by atoms with Crippen molar-refractivity contribution in [3.8, 4) is 0 Å². The number of anilines is 3. The maximum Gasteiger partial charge on any atom is 0.418 e. The first-order chi connectivity index (χ1) is 14.8. The van der Waals surface area contributed by atoms with Crippen LogP contribution in [0.3, 0.4) is 0 Å². The summed E-state index contributed by atoms with van der Waals surface area (Å²) < 4.78 is 55.1. The minimum atomic E-state index is -4.66. The third-order valence-electron chi connectivity index (χ3n) is 5.19. The van der Waals surface area contributed by atoms with Gasteiger partial charge in [0.25, 0.3) is 11.8 Å². The minimum Gasteiger partial charge on any atom is -0.388 e. The lowest BCUT2D eigenvalue weighted by molar-refractivity contribution is -0.137. The van der Waals surface area contributed by atoms with E-state index in [0.29, 0.717) is 0 Å². The van der Waals surface area contributed by atoms with Gasteiger partial charge < -0.3 is 15.5 Å². The second-order valence-corrected chi connectivity index (χ2v) is 7.90. The van der Waals surface area contributed by atoms with Crippen LogP contribution >= 0.6 is 12.2 Å². The van der Waals surface area contributed by atoms with Crippen LogP contribution in [-0.4, -0.2) is 36.6 Å². The average molecular weight is 468 g/mol. The summed E-state index contributed by atoms with van der Waals surface area (Å²) in [7, 11) is 2.72. The minimum absolute atomic E-state index is 0.0654. The Morgan fingerprint density at radius 2 is 1.69 bits per heavy atom. The van der Waals surface area contributed by atoms with Gasteiger partial charge in [-0.05, 0) is 62.5 Å². The predicted molar refractivity (Wildman–Crippen MR) is 117 cm³/mol. The van der Waals surface area contributed by atoms with Crippen LogP contribution in [0.4, 0.5) is 34.6 Å². The van der Waals surface area contributed by atoms with Gasteiger partial charge in [0.1, 0.15) is 11.4 Å². The third kappa shape index (κ3) is 3.77. The van der Waals surface area contributed by atoms with E-state index in [-0.39, 0.29) is 27.7 Å². The van der Waals surface area contributed by atoms with Gasteiger partial charge in [-0.25, -0.2) is 4.39 Å². The van der Waals surface area contributed by atoms with Crippen LogP contribution in [0.15, 0.2) is 36.4 Å². The quantitative estimate of drug-likeness (QED) is 0.521. The molecule has 1 fully saturated rings. The first kappa shape index (κ1) is 23.5. The fourth-order valence-electron chi connectivity index (χ4n) is 3.54. The van der Waals surface area contributed by atoms with E-state index >= 15 is 0 Å². The summed E-state index contributed by atoms with van der Waals surface area (Å²) in [4.78, 5) is 27.3. The van der Waals surface area contributed by atoms with Crippen molar-refractivity contribution in [2.24, 2.45) is 0 Å². The molecule has 0 unspecified atom stereocenters. The first-order valence-electron chi connectivity index (χ1n) is 9.44. The second kappa shape index (κ2) is 8.05. The Bertz CT molecular complexity index is 1120. The number of hydrogen-bond donors (Lipinski definition) is 2. The molecule has 1 aliphatic heterocycles. The van der Waals surface area contributed by atoms with E-state index in [9.17, 15) is 27.2 Å². The van der Waals surface area contributed by atoms with Crippen molar-refractivity contribution in [1.29, 1.82) is 0 Å². The van der Waals surface area contributed by atoms with Gasteiger partial charge >= 0.3 is 6.18 Å². The van der Waals surface area contributed by atoms with E-state index < -0.39 is 34.9 Å². The fraction of sp³-hybridized carbons (Fsp3) is 0.286.